The minimum atomic E-state index is -4.27. The predicted molar refractivity (Wildman–Crippen MR) is 65.1 cm³/mol. The van der Waals surface area contributed by atoms with Crippen LogP contribution in [-0.2, 0) is 14.8 Å². The number of benzene rings is 1. The first kappa shape index (κ1) is 16.0. The maximum Gasteiger partial charge on any atom is 0.304 e. The quantitative estimate of drug-likeness (QED) is 0.614. The maximum absolute atomic E-state index is 13.0. The van der Waals surface area contributed by atoms with Crippen molar-refractivity contribution >= 4 is 21.7 Å². The van der Waals surface area contributed by atoms with E-state index < -0.39 is 43.7 Å². The van der Waals surface area contributed by atoms with Gasteiger partial charge in [0.25, 0.3) is 5.69 Å². The molecule has 1 rings (SSSR count). The Labute approximate surface area is 113 Å². The Morgan fingerprint density at radius 2 is 2.10 bits per heavy atom. The lowest BCUT2D eigenvalue weighted by Crippen LogP contribution is -2.29. The molecular weight excluding hydrogens is 295 g/mol. The molecule has 0 radical (unpaired) electrons. The second-order valence-corrected chi connectivity index (χ2v) is 5.85. The molecular formula is C10H11FN2O6S. The minimum Gasteiger partial charge on any atom is -0.481 e. The van der Waals surface area contributed by atoms with Gasteiger partial charge in [0.15, 0.2) is 4.90 Å². The van der Waals surface area contributed by atoms with Crippen LogP contribution in [-0.4, -0.2) is 42.3 Å². The predicted octanol–water partition coefficient (Wildman–Crippen LogP) is 0.829. The first-order chi connectivity index (χ1) is 9.16. The number of nitrogens with zero attached hydrogens (tertiary/aromatic N) is 2. The van der Waals surface area contributed by atoms with Gasteiger partial charge in [-0.15, -0.1) is 0 Å². The molecule has 0 saturated carbocycles. The standard InChI is InChI=1S/C10H11FN2O6S/c1-12(5-4-10(14)15)20(18,19)9-3-2-7(11)6-8(9)13(16)17/h2-3,6H,4-5H2,1H3,(H,14,15). The Balaban J connectivity index is 3.21. The normalized spacial score (nSPS) is 11.6. The number of carboxylic acids is 1. The highest BCUT2D eigenvalue weighted by Crippen LogP contribution is 2.26. The number of nitro groups is 1. The van der Waals surface area contributed by atoms with Crippen LogP contribution >= 0.6 is 0 Å². The summed E-state index contributed by atoms with van der Waals surface area (Å²) in [6.07, 6.45) is -0.454. The van der Waals surface area contributed by atoms with Crippen molar-refractivity contribution < 1.29 is 27.6 Å². The Hall–Kier alpha value is -2.07. The molecule has 10 heteroatoms. The van der Waals surface area contributed by atoms with Crippen LogP contribution in [0, 0.1) is 15.9 Å². The van der Waals surface area contributed by atoms with Crippen molar-refractivity contribution in [3.8, 4) is 0 Å². The summed E-state index contributed by atoms with van der Waals surface area (Å²) in [5, 5.41) is 19.3. The average molecular weight is 306 g/mol. The summed E-state index contributed by atoms with van der Waals surface area (Å²) >= 11 is 0. The highest BCUT2D eigenvalue weighted by molar-refractivity contribution is 7.89. The van der Waals surface area contributed by atoms with E-state index in [9.17, 15) is 27.7 Å². The fourth-order valence-electron chi connectivity index (χ4n) is 1.39. The number of rotatable bonds is 6. The highest BCUT2D eigenvalue weighted by atomic mass is 32.2. The monoisotopic (exact) mass is 306 g/mol. The van der Waals surface area contributed by atoms with Crippen LogP contribution in [0.1, 0.15) is 6.42 Å². The summed E-state index contributed by atoms with van der Waals surface area (Å²) < 4.78 is 37.8. The Morgan fingerprint density at radius 1 is 1.50 bits per heavy atom. The van der Waals surface area contributed by atoms with Gasteiger partial charge in [0.05, 0.1) is 17.4 Å². The van der Waals surface area contributed by atoms with Gasteiger partial charge in [-0.3, -0.25) is 14.9 Å². The van der Waals surface area contributed by atoms with Gasteiger partial charge in [-0.25, -0.2) is 17.1 Å². The molecule has 0 spiro atoms. The van der Waals surface area contributed by atoms with Crippen LogP contribution in [0.3, 0.4) is 0 Å². The zero-order chi connectivity index (χ0) is 15.5. The van der Waals surface area contributed by atoms with E-state index in [1.54, 1.807) is 0 Å². The Kier molecular flexibility index (Phi) is 4.73. The van der Waals surface area contributed by atoms with E-state index in [0.717, 1.165) is 19.2 Å². The summed E-state index contributed by atoms with van der Waals surface area (Å²) in [7, 11) is -3.18. The van der Waals surface area contributed by atoms with Crippen molar-refractivity contribution in [2.75, 3.05) is 13.6 Å². The maximum atomic E-state index is 13.0. The number of carboxylic acid groups (broad SMARTS) is 1. The van der Waals surface area contributed by atoms with E-state index in [1.165, 1.54) is 0 Å². The third-order valence-electron chi connectivity index (χ3n) is 2.45. The van der Waals surface area contributed by atoms with E-state index in [0.29, 0.717) is 10.4 Å². The van der Waals surface area contributed by atoms with E-state index in [-0.39, 0.29) is 6.54 Å². The third kappa shape index (κ3) is 3.48. The van der Waals surface area contributed by atoms with Crippen LogP contribution < -0.4 is 0 Å². The molecule has 0 heterocycles. The molecule has 1 N–H and O–H groups in total. The fourth-order valence-corrected chi connectivity index (χ4v) is 2.70. The SMILES string of the molecule is CN(CCC(=O)O)S(=O)(=O)c1ccc(F)cc1[N+](=O)[O-]. The second kappa shape index (κ2) is 5.92. The molecule has 0 aliphatic heterocycles. The first-order valence-electron chi connectivity index (χ1n) is 5.28. The summed E-state index contributed by atoms with van der Waals surface area (Å²) in [4.78, 5) is 19.5. The van der Waals surface area contributed by atoms with Gasteiger partial charge < -0.3 is 5.11 Å². The lowest BCUT2D eigenvalue weighted by atomic mass is 10.3. The van der Waals surface area contributed by atoms with Crippen molar-refractivity contribution in [3.05, 3.63) is 34.1 Å². The molecule has 0 bridgehead atoms. The van der Waals surface area contributed by atoms with Crippen LogP contribution in [0.4, 0.5) is 10.1 Å². The number of hydrogen-bond donors (Lipinski definition) is 1. The molecule has 0 fully saturated rings. The zero-order valence-electron chi connectivity index (χ0n) is 10.3. The van der Waals surface area contributed by atoms with E-state index in [2.05, 4.69) is 0 Å². The molecule has 0 saturated heterocycles. The summed E-state index contributed by atoms with van der Waals surface area (Å²) in [6, 6.07) is 2.06. The van der Waals surface area contributed by atoms with E-state index in [1.807, 2.05) is 0 Å². The molecule has 8 nitrogen and oxygen atoms in total. The van der Waals surface area contributed by atoms with E-state index in [4.69, 9.17) is 5.11 Å². The molecule has 0 unspecified atom stereocenters. The largest absolute Gasteiger partial charge is 0.481 e. The van der Waals surface area contributed by atoms with Gasteiger partial charge in [0, 0.05) is 13.6 Å². The molecule has 110 valence electrons. The summed E-state index contributed by atoms with van der Waals surface area (Å²) in [5.41, 5.74) is -0.896. The van der Waals surface area contributed by atoms with Gasteiger partial charge in [-0.2, -0.15) is 0 Å². The van der Waals surface area contributed by atoms with Crippen molar-refractivity contribution in [3.63, 3.8) is 0 Å². The van der Waals surface area contributed by atoms with E-state index >= 15 is 0 Å². The van der Waals surface area contributed by atoms with Crippen LogP contribution in [0.2, 0.25) is 0 Å². The summed E-state index contributed by atoms with van der Waals surface area (Å²) in [5.74, 6) is -2.15. The lowest BCUT2D eigenvalue weighted by molar-refractivity contribution is -0.388. The molecule has 0 aliphatic rings. The van der Waals surface area contributed by atoms with Gasteiger partial charge in [0.1, 0.15) is 5.82 Å². The molecule has 0 aliphatic carbocycles. The molecule has 1 aromatic carbocycles. The van der Waals surface area contributed by atoms with Gasteiger partial charge >= 0.3 is 5.97 Å². The number of nitro benzene ring substituents is 1. The number of carbonyl (C=O) groups is 1. The zero-order valence-corrected chi connectivity index (χ0v) is 11.1. The Bertz CT molecular complexity index is 645. The van der Waals surface area contributed by atoms with Gasteiger partial charge in [-0.05, 0) is 12.1 Å². The van der Waals surface area contributed by atoms with Crippen molar-refractivity contribution in [2.45, 2.75) is 11.3 Å². The van der Waals surface area contributed by atoms with Crippen molar-refractivity contribution in [1.29, 1.82) is 0 Å². The number of halogens is 1. The lowest BCUT2D eigenvalue weighted by Gasteiger charge is -2.16. The Morgan fingerprint density at radius 3 is 2.60 bits per heavy atom. The molecule has 20 heavy (non-hydrogen) atoms. The third-order valence-corrected chi connectivity index (χ3v) is 4.35. The molecule has 0 amide bonds. The number of sulfonamides is 1. The second-order valence-electron chi connectivity index (χ2n) is 3.84. The first-order valence-corrected chi connectivity index (χ1v) is 6.72. The molecule has 0 aromatic heterocycles. The van der Waals surface area contributed by atoms with Crippen LogP contribution in [0.5, 0.6) is 0 Å². The molecule has 1 aromatic rings. The topological polar surface area (TPSA) is 118 Å². The highest BCUT2D eigenvalue weighted by Gasteiger charge is 2.30. The van der Waals surface area contributed by atoms with Gasteiger partial charge in [0.2, 0.25) is 10.0 Å². The summed E-state index contributed by atoms with van der Waals surface area (Å²) in [6.45, 7) is -0.355. The van der Waals surface area contributed by atoms with Crippen molar-refractivity contribution in [2.24, 2.45) is 0 Å². The number of hydrogen-bond acceptors (Lipinski definition) is 5. The minimum absolute atomic E-state index is 0.355. The average Bonchev–Trinajstić information content (AvgIpc) is 2.35. The molecule has 0 atom stereocenters. The fraction of sp³-hybridized carbons (Fsp3) is 0.300. The van der Waals surface area contributed by atoms with Crippen molar-refractivity contribution in [1.82, 2.24) is 4.31 Å². The van der Waals surface area contributed by atoms with Gasteiger partial charge in [-0.1, -0.05) is 0 Å². The van der Waals surface area contributed by atoms with Crippen LogP contribution in [0.15, 0.2) is 23.1 Å². The smallest absolute Gasteiger partial charge is 0.304 e. The van der Waals surface area contributed by atoms with Crippen LogP contribution in [0.25, 0.3) is 0 Å². The number of aliphatic carboxylic acids is 1.